The molecule has 0 saturated heterocycles. The number of likely N-dealkylation sites (N-methyl/N-ethyl adjacent to an activating group) is 1. The fourth-order valence-electron chi connectivity index (χ4n) is 1.65. The van der Waals surface area contributed by atoms with Crippen molar-refractivity contribution in [2.24, 2.45) is 0 Å². The topological polar surface area (TPSA) is 55.6 Å². The number of hydrogen-bond acceptors (Lipinski definition) is 4. The highest BCUT2D eigenvalue weighted by atomic mass is 79.9. The Balaban J connectivity index is 1.85. The molecule has 0 fully saturated rings. The summed E-state index contributed by atoms with van der Waals surface area (Å²) in [5.74, 6) is 0.528. The molecular formula is C14H15BrN2O2S. The first kappa shape index (κ1) is 14.9. The van der Waals surface area contributed by atoms with Crippen molar-refractivity contribution in [2.75, 3.05) is 19.4 Å². The molecule has 1 aromatic carbocycles. The van der Waals surface area contributed by atoms with Gasteiger partial charge >= 0.3 is 0 Å². The normalized spacial score (nSPS) is 10.3. The minimum Gasteiger partial charge on any atom is -0.484 e. The standard InChI is InChI=1S/C14H15BrN2O2S/c1-17(7-10-5-13(15)20-9-10)14(18)8-19-12-4-2-3-11(16)6-12/h2-6,9H,7-8,16H2,1H3. The van der Waals surface area contributed by atoms with Crippen molar-refractivity contribution in [3.63, 3.8) is 0 Å². The largest absolute Gasteiger partial charge is 0.484 e. The highest BCUT2D eigenvalue weighted by Crippen LogP contribution is 2.21. The van der Waals surface area contributed by atoms with Crippen molar-refractivity contribution < 1.29 is 9.53 Å². The molecule has 0 aliphatic rings. The van der Waals surface area contributed by atoms with Crippen LogP contribution in [0.1, 0.15) is 5.56 Å². The number of amides is 1. The zero-order valence-electron chi connectivity index (χ0n) is 11.0. The summed E-state index contributed by atoms with van der Waals surface area (Å²) in [6.07, 6.45) is 0. The van der Waals surface area contributed by atoms with E-state index >= 15 is 0 Å². The molecule has 0 aliphatic heterocycles. The van der Waals surface area contributed by atoms with Gasteiger partial charge in [-0.15, -0.1) is 11.3 Å². The van der Waals surface area contributed by atoms with Crippen LogP contribution >= 0.6 is 27.3 Å². The van der Waals surface area contributed by atoms with E-state index in [1.807, 2.05) is 11.4 Å². The summed E-state index contributed by atoms with van der Waals surface area (Å²) in [4.78, 5) is 13.6. The van der Waals surface area contributed by atoms with Crippen molar-refractivity contribution in [3.05, 3.63) is 45.1 Å². The van der Waals surface area contributed by atoms with E-state index in [1.165, 1.54) is 0 Å². The molecule has 4 nitrogen and oxygen atoms in total. The van der Waals surface area contributed by atoms with Gasteiger partial charge in [0.15, 0.2) is 6.61 Å². The zero-order valence-corrected chi connectivity index (χ0v) is 13.4. The van der Waals surface area contributed by atoms with Crippen molar-refractivity contribution in [3.8, 4) is 5.75 Å². The summed E-state index contributed by atoms with van der Waals surface area (Å²) in [5.41, 5.74) is 7.37. The number of halogens is 1. The van der Waals surface area contributed by atoms with E-state index in [0.717, 1.165) is 9.35 Å². The average molecular weight is 355 g/mol. The van der Waals surface area contributed by atoms with Crippen LogP contribution in [0.25, 0.3) is 0 Å². The lowest BCUT2D eigenvalue weighted by molar-refractivity contribution is -0.132. The molecule has 2 aromatic rings. The van der Waals surface area contributed by atoms with Crippen LogP contribution in [0.4, 0.5) is 5.69 Å². The second kappa shape index (κ2) is 6.76. The molecule has 0 bridgehead atoms. The van der Waals surface area contributed by atoms with Crippen molar-refractivity contribution in [1.82, 2.24) is 4.90 Å². The summed E-state index contributed by atoms with van der Waals surface area (Å²) in [6.45, 7) is 0.576. The highest BCUT2D eigenvalue weighted by Gasteiger charge is 2.11. The number of ether oxygens (including phenoxy) is 1. The molecule has 0 atom stereocenters. The second-order valence-corrected chi connectivity index (χ2v) is 6.66. The van der Waals surface area contributed by atoms with Gasteiger partial charge in [0.1, 0.15) is 5.75 Å². The molecular weight excluding hydrogens is 340 g/mol. The molecule has 1 aromatic heterocycles. The minimum atomic E-state index is -0.0743. The summed E-state index contributed by atoms with van der Waals surface area (Å²) in [7, 11) is 1.76. The molecule has 0 spiro atoms. The first-order chi connectivity index (χ1) is 9.54. The summed E-state index contributed by atoms with van der Waals surface area (Å²) in [5, 5.41) is 2.02. The predicted octanol–water partition coefficient (Wildman–Crippen LogP) is 3.13. The Morgan fingerprint density at radius 1 is 1.45 bits per heavy atom. The average Bonchev–Trinajstić information content (AvgIpc) is 2.81. The van der Waals surface area contributed by atoms with Gasteiger partial charge in [0, 0.05) is 25.3 Å². The first-order valence-corrected chi connectivity index (χ1v) is 7.67. The molecule has 20 heavy (non-hydrogen) atoms. The van der Waals surface area contributed by atoms with Crippen molar-refractivity contribution >= 4 is 38.9 Å². The van der Waals surface area contributed by atoms with Gasteiger partial charge in [-0.2, -0.15) is 0 Å². The lowest BCUT2D eigenvalue weighted by Crippen LogP contribution is -2.30. The van der Waals surface area contributed by atoms with Gasteiger partial charge in [0.05, 0.1) is 3.79 Å². The molecule has 0 radical (unpaired) electrons. The van der Waals surface area contributed by atoms with E-state index in [1.54, 1.807) is 47.5 Å². The molecule has 0 unspecified atom stereocenters. The lowest BCUT2D eigenvalue weighted by Gasteiger charge is -2.16. The van der Waals surface area contributed by atoms with Crippen LogP contribution in [-0.4, -0.2) is 24.5 Å². The lowest BCUT2D eigenvalue weighted by atomic mass is 10.3. The third kappa shape index (κ3) is 4.25. The van der Waals surface area contributed by atoms with Crippen molar-refractivity contribution in [2.45, 2.75) is 6.54 Å². The summed E-state index contributed by atoms with van der Waals surface area (Å²) in [6, 6.07) is 9.05. The SMILES string of the molecule is CN(Cc1csc(Br)c1)C(=O)COc1cccc(N)c1. The van der Waals surface area contributed by atoms with E-state index in [0.29, 0.717) is 18.0 Å². The number of hydrogen-bond donors (Lipinski definition) is 1. The van der Waals surface area contributed by atoms with Crippen LogP contribution in [-0.2, 0) is 11.3 Å². The van der Waals surface area contributed by atoms with Gasteiger partial charge < -0.3 is 15.4 Å². The Kier molecular flexibility index (Phi) is 5.03. The highest BCUT2D eigenvalue weighted by molar-refractivity contribution is 9.11. The van der Waals surface area contributed by atoms with Crippen LogP contribution in [0.5, 0.6) is 5.75 Å². The molecule has 1 amide bonds. The number of carbonyl (C=O) groups excluding carboxylic acids is 1. The quantitative estimate of drug-likeness (QED) is 0.839. The Bertz CT molecular complexity index is 600. The van der Waals surface area contributed by atoms with Crippen LogP contribution < -0.4 is 10.5 Å². The fourth-order valence-corrected chi connectivity index (χ4v) is 2.85. The number of carbonyl (C=O) groups is 1. The number of nitrogens with two attached hydrogens (primary N) is 1. The first-order valence-electron chi connectivity index (χ1n) is 6.00. The van der Waals surface area contributed by atoms with Crippen LogP contribution in [0.15, 0.2) is 39.5 Å². The molecule has 0 saturated carbocycles. The fraction of sp³-hybridized carbons (Fsp3) is 0.214. The molecule has 106 valence electrons. The third-order valence-electron chi connectivity index (χ3n) is 2.69. The maximum Gasteiger partial charge on any atom is 0.260 e. The number of anilines is 1. The summed E-state index contributed by atoms with van der Waals surface area (Å²) < 4.78 is 6.49. The van der Waals surface area contributed by atoms with E-state index in [9.17, 15) is 4.79 Å². The van der Waals surface area contributed by atoms with Gasteiger partial charge in [-0.1, -0.05) is 6.07 Å². The van der Waals surface area contributed by atoms with E-state index in [-0.39, 0.29) is 12.5 Å². The van der Waals surface area contributed by atoms with Gasteiger partial charge in [-0.25, -0.2) is 0 Å². The van der Waals surface area contributed by atoms with Gasteiger partial charge in [0.2, 0.25) is 0 Å². The Morgan fingerprint density at radius 3 is 2.90 bits per heavy atom. The molecule has 2 N–H and O–H groups in total. The minimum absolute atomic E-state index is 0.00522. The number of rotatable bonds is 5. The van der Waals surface area contributed by atoms with Gasteiger partial charge in [-0.3, -0.25) is 4.79 Å². The Labute approximate surface area is 130 Å². The van der Waals surface area contributed by atoms with Crippen molar-refractivity contribution in [1.29, 1.82) is 0 Å². The molecule has 2 rings (SSSR count). The van der Waals surface area contributed by atoms with Gasteiger partial charge in [-0.05, 0) is 45.1 Å². The maximum absolute atomic E-state index is 12.0. The maximum atomic E-state index is 12.0. The zero-order chi connectivity index (χ0) is 14.5. The Morgan fingerprint density at radius 2 is 2.25 bits per heavy atom. The van der Waals surface area contributed by atoms with Crippen LogP contribution in [0.3, 0.4) is 0 Å². The predicted molar refractivity (Wildman–Crippen MR) is 84.8 cm³/mol. The third-order valence-corrected chi connectivity index (χ3v) is 4.24. The smallest absolute Gasteiger partial charge is 0.260 e. The van der Waals surface area contributed by atoms with E-state index in [2.05, 4.69) is 15.9 Å². The number of benzene rings is 1. The summed E-state index contributed by atoms with van der Waals surface area (Å²) >= 11 is 5.01. The monoisotopic (exact) mass is 354 g/mol. The molecule has 1 heterocycles. The number of nitrogens with zero attached hydrogens (tertiary/aromatic N) is 1. The van der Waals surface area contributed by atoms with Crippen LogP contribution in [0, 0.1) is 0 Å². The molecule has 0 aliphatic carbocycles. The van der Waals surface area contributed by atoms with Crippen LogP contribution in [0.2, 0.25) is 0 Å². The van der Waals surface area contributed by atoms with Gasteiger partial charge in [0.25, 0.3) is 5.91 Å². The number of nitrogen functional groups attached to an aromatic ring is 1. The second-order valence-electron chi connectivity index (χ2n) is 4.37. The molecule has 6 heteroatoms. The van der Waals surface area contributed by atoms with E-state index < -0.39 is 0 Å². The number of thiophene rings is 1. The Hall–Kier alpha value is -1.53. The van der Waals surface area contributed by atoms with E-state index in [4.69, 9.17) is 10.5 Å².